The number of thioether (sulfide) groups is 1. The van der Waals surface area contributed by atoms with E-state index in [0.717, 1.165) is 0 Å². The minimum absolute atomic E-state index is 0.0974. The molecule has 0 aromatic heterocycles. The summed E-state index contributed by atoms with van der Waals surface area (Å²) in [5.41, 5.74) is 5.26. The van der Waals surface area contributed by atoms with Crippen molar-refractivity contribution >= 4 is 17.9 Å². The van der Waals surface area contributed by atoms with E-state index in [2.05, 4.69) is 5.32 Å². The average Bonchev–Trinajstić information content (AvgIpc) is 1.99. The summed E-state index contributed by atoms with van der Waals surface area (Å²) < 4.78 is 5.09. The van der Waals surface area contributed by atoms with Crippen LogP contribution in [0.3, 0.4) is 0 Å². The van der Waals surface area contributed by atoms with Crippen LogP contribution in [0.25, 0.3) is 0 Å². The largest absolute Gasteiger partial charge is 0.444 e. The lowest BCUT2D eigenvalue weighted by Crippen LogP contribution is -2.45. The van der Waals surface area contributed by atoms with Crippen molar-refractivity contribution in [2.45, 2.75) is 44.7 Å². The molecule has 1 amide bonds. The van der Waals surface area contributed by atoms with Gasteiger partial charge in [-0.25, -0.2) is 4.79 Å². The van der Waals surface area contributed by atoms with E-state index in [9.17, 15) is 4.79 Å². The molecule has 0 aromatic carbocycles. The normalized spacial score (nSPS) is 15.9. The molecule has 5 heteroatoms. The summed E-state index contributed by atoms with van der Waals surface area (Å²) in [6, 6.07) is -0.0974. The Kier molecular flexibility index (Phi) is 5.29. The van der Waals surface area contributed by atoms with E-state index in [1.807, 2.05) is 34.0 Å². The summed E-state index contributed by atoms with van der Waals surface area (Å²) in [5, 5.41) is 2.57. The second kappa shape index (κ2) is 5.46. The van der Waals surface area contributed by atoms with Crippen molar-refractivity contribution < 1.29 is 9.53 Å². The van der Waals surface area contributed by atoms with Gasteiger partial charge in [0.1, 0.15) is 5.60 Å². The van der Waals surface area contributed by atoms with Crippen molar-refractivity contribution in [3.63, 3.8) is 0 Å². The maximum absolute atomic E-state index is 11.3. The lowest BCUT2D eigenvalue weighted by molar-refractivity contribution is 0.0508. The molecule has 3 N–H and O–H groups in total. The van der Waals surface area contributed by atoms with Crippen LogP contribution in [0.4, 0.5) is 4.79 Å². The molecular weight excluding hydrogens is 200 g/mol. The van der Waals surface area contributed by atoms with Crippen molar-refractivity contribution in [2.75, 3.05) is 6.26 Å². The SMILES string of the molecule is CSC(N)C(C)NC(=O)OC(C)(C)C. The fourth-order valence-corrected chi connectivity index (χ4v) is 1.26. The Morgan fingerprint density at radius 1 is 1.50 bits per heavy atom. The molecule has 0 aliphatic rings. The molecule has 0 radical (unpaired) electrons. The Balaban J connectivity index is 3.95. The predicted octanol–water partition coefficient (Wildman–Crippen LogP) is 1.55. The predicted molar refractivity (Wildman–Crippen MR) is 60.3 cm³/mol. The van der Waals surface area contributed by atoms with E-state index >= 15 is 0 Å². The molecule has 0 spiro atoms. The Hall–Kier alpha value is -0.420. The molecule has 0 aromatic rings. The fraction of sp³-hybridized carbons (Fsp3) is 0.889. The third-order valence-electron chi connectivity index (χ3n) is 1.51. The molecular formula is C9H20N2O2S. The third kappa shape index (κ3) is 6.10. The molecule has 14 heavy (non-hydrogen) atoms. The maximum Gasteiger partial charge on any atom is 0.407 e. The fourth-order valence-electron chi connectivity index (χ4n) is 0.780. The van der Waals surface area contributed by atoms with Gasteiger partial charge in [0.25, 0.3) is 0 Å². The van der Waals surface area contributed by atoms with Gasteiger partial charge in [0.05, 0.1) is 11.4 Å². The minimum Gasteiger partial charge on any atom is -0.444 e. The molecule has 0 fully saturated rings. The monoisotopic (exact) mass is 220 g/mol. The number of nitrogens with one attached hydrogen (secondary N) is 1. The zero-order chi connectivity index (χ0) is 11.4. The third-order valence-corrected chi connectivity index (χ3v) is 2.46. The van der Waals surface area contributed by atoms with E-state index in [1.54, 1.807) is 0 Å². The summed E-state index contributed by atoms with van der Waals surface area (Å²) in [7, 11) is 0. The van der Waals surface area contributed by atoms with Crippen LogP contribution in [-0.2, 0) is 4.74 Å². The Bertz CT molecular complexity index is 192. The van der Waals surface area contributed by atoms with Crippen molar-refractivity contribution in [3.05, 3.63) is 0 Å². The smallest absolute Gasteiger partial charge is 0.407 e. The lowest BCUT2D eigenvalue weighted by atomic mass is 10.2. The van der Waals surface area contributed by atoms with Gasteiger partial charge in [-0.1, -0.05) is 0 Å². The van der Waals surface area contributed by atoms with E-state index < -0.39 is 11.7 Å². The maximum atomic E-state index is 11.3. The molecule has 2 unspecified atom stereocenters. The van der Waals surface area contributed by atoms with Gasteiger partial charge in [-0.15, -0.1) is 11.8 Å². The van der Waals surface area contributed by atoms with Crippen molar-refractivity contribution in [2.24, 2.45) is 5.73 Å². The molecule has 0 saturated heterocycles. The highest BCUT2D eigenvalue weighted by molar-refractivity contribution is 7.99. The molecule has 0 aliphatic carbocycles. The highest BCUT2D eigenvalue weighted by Crippen LogP contribution is 2.08. The van der Waals surface area contributed by atoms with Gasteiger partial charge in [0.15, 0.2) is 0 Å². The number of carbonyl (C=O) groups excluding carboxylic acids is 1. The van der Waals surface area contributed by atoms with Gasteiger partial charge in [-0.05, 0) is 34.0 Å². The zero-order valence-electron chi connectivity index (χ0n) is 9.46. The first-order valence-corrected chi connectivity index (χ1v) is 5.83. The van der Waals surface area contributed by atoms with E-state index in [0.29, 0.717) is 0 Å². The Labute approximate surface area is 89.9 Å². The second-order valence-corrected chi connectivity index (χ2v) is 5.15. The molecule has 0 heterocycles. The van der Waals surface area contributed by atoms with Crippen LogP contribution in [0.15, 0.2) is 0 Å². The summed E-state index contributed by atoms with van der Waals surface area (Å²) in [6.45, 7) is 7.33. The number of amides is 1. The number of nitrogens with two attached hydrogens (primary N) is 1. The molecule has 0 aliphatic heterocycles. The van der Waals surface area contributed by atoms with Gasteiger partial charge >= 0.3 is 6.09 Å². The van der Waals surface area contributed by atoms with Crippen molar-refractivity contribution in [1.29, 1.82) is 0 Å². The standard InChI is InChI=1S/C9H20N2O2S/c1-6(7(10)14-5)11-8(12)13-9(2,3)4/h6-7H,10H2,1-5H3,(H,11,12). The molecule has 0 rings (SSSR count). The number of rotatable bonds is 3. The van der Waals surface area contributed by atoms with Gasteiger partial charge < -0.3 is 15.8 Å². The number of hydrogen-bond donors (Lipinski definition) is 2. The van der Waals surface area contributed by atoms with Crippen LogP contribution in [0, 0.1) is 0 Å². The molecule has 2 atom stereocenters. The number of carbonyl (C=O) groups is 1. The van der Waals surface area contributed by atoms with Crippen LogP contribution in [0.1, 0.15) is 27.7 Å². The highest BCUT2D eigenvalue weighted by Gasteiger charge is 2.19. The lowest BCUT2D eigenvalue weighted by Gasteiger charge is -2.23. The Morgan fingerprint density at radius 2 is 2.00 bits per heavy atom. The molecule has 0 bridgehead atoms. The molecule has 0 saturated carbocycles. The van der Waals surface area contributed by atoms with Gasteiger partial charge in [-0.2, -0.15) is 0 Å². The van der Waals surface area contributed by atoms with Gasteiger partial charge in [0, 0.05) is 0 Å². The highest BCUT2D eigenvalue weighted by atomic mass is 32.2. The first-order valence-electron chi connectivity index (χ1n) is 4.54. The van der Waals surface area contributed by atoms with Crippen LogP contribution < -0.4 is 11.1 Å². The zero-order valence-corrected chi connectivity index (χ0v) is 10.3. The average molecular weight is 220 g/mol. The topological polar surface area (TPSA) is 64.3 Å². The number of alkyl carbamates (subject to hydrolysis) is 1. The van der Waals surface area contributed by atoms with Gasteiger partial charge in [0.2, 0.25) is 0 Å². The summed E-state index contributed by atoms with van der Waals surface area (Å²) >= 11 is 1.50. The summed E-state index contributed by atoms with van der Waals surface area (Å²) in [5.74, 6) is 0. The first-order chi connectivity index (χ1) is 6.26. The first kappa shape index (κ1) is 13.6. The van der Waals surface area contributed by atoms with E-state index in [4.69, 9.17) is 10.5 Å². The van der Waals surface area contributed by atoms with E-state index in [-0.39, 0.29) is 11.4 Å². The molecule has 4 nitrogen and oxygen atoms in total. The minimum atomic E-state index is -0.465. The number of ether oxygens (including phenoxy) is 1. The second-order valence-electron chi connectivity index (χ2n) is 4.14. The molecule has 84 valence electrons. The van der Waals surface area contributed by atoms with Crippen LogP contribution in [0.5, 0.6) is 0 Å². The van der Waals surface area contributed by atoms with E-state index in [1.165, 1.54) is 11.8 Å². The summed E-state index contributed by atoms with van der Waals surface area (Å²) in [6.07, 6.45) is 1.48. The van der Waals surface area contributed by atoms with Crippen LogP contribution >= 0.6 is 11.8 Å². The number of hydrogen-bond acceptors (Lipinski definition) is 4. The Morgan fingerprint density at radius 3 is 2.36 bits per heavy atom. The van der Waals surface area contributed by atoms with Crippen LogP contribution in [0.2, 0.25) is 0 Å². The van der Waals surface area contributed by atoms with Crippen molar-refractivity contribution in [3.8, 4) is 0 Å². The van der Waals surface area contributed by atoms with Crippen LogP contribution in [-0.4, -0.2) is 29.4 Å². The quantitative estimate of drug-likeness (QED) is 0.708. The summed E-state index contributed by atoms with van der Waals surface area (Å²) in [4.78, 5) is 11.3. The van der Waals surface area contributed by atoms with Crippen molar-refractivity contribution in [1.82, 2.24) is 5.32 Å². The van der Waals surface area contributed by atoms with Gasteiger partial charge in [-0.3, -0.25) is 0 Å².